The van der Waals surface area contributed by atoms with Gasteiger partial charge in [0.05, 0.1) is 27.8 Å². The maximum absolute atomic E-state index is 11.7. The van der Waals surface area contributed by atoms with E-state index in [-0.39, 0.29) is 48.6 Å². The number of hydrogen-bond acceptors (Lipinski definition) is 3. The van der Waals surface area contributed by atoms with Crippen LogP contribution < -0.4 is 0 Å². The van der Waals surface area contributed by atoms with E-state index in [9.17, 15) is 5.11 Å². The zero-order valence-corrected chi connectivity index (χ0v) is 37.8. The van der Waals surface area contributed by atoms with Crippen LogP contribution in [0.2, 0.25) is 0 Å². The number of nitrogens with zero attached hydrogens (tertiary/aromatic N) is 3. The van der Waals surface area contributed by atoms with E-state index in [4.69, 9.17) is 19.6 Å². The van der Waals surface area contributed by atoms with Crippen molar-refractivity contribution in [1.82, 2.24) is 14.5 Å². The van der Waals surface area contributed by atoms with Crippen molar-refractivity contribution in [2.75, 3.05) is 0 Å². The van der Waals surface area contributed by atoms with Crippen molar-refractivity contribution in [2.45, 2.75) is 85.4 Å². The van der Waals surface area contributed by atoms with Gasteiger partial charge in [-0.05, 0) is 87.3 Å². The van der Waals surface area contributed by atoms with Crippen LogP contribution in [-0.4, -0.2) is 19.6 Å². The molecule has 6 aromatic carbocycles. The summed E-state index contributed by atoms with van der Waals surface area (Å²) in [5.41, 5.74) is 9.92. The number of phenols is 1. The summed E-state index contributed by atoms with van der Waals surface area (Å²) < 4.78 is 60.8. The molecule has 2 aromatic heterocycles. The number of rotatable bonds is 6. The summed E-state index contributed by atoms with van der Waals surface area (Å²) in [4.78, 5) is 10.2. The van der Waals surface area contributed by atoms with Crippen LogP contribution >= 0.6 is 0 Å². The van der Waals surface area contributed by atoms with Gasteiger partial charge in [0.1, 0.15) is 11.6 Å². The molecule has 1 N–H and O–H groups in total. The number of aromatic hydroxyl groups is 1. The first-order valence-corrected chi connectivity index (χ1v) is 20.1. The number of phenolic OH excluding ortho intramolecular Hbond substituents is 1. The largest absolute Gasteiger partial charge is 0.507 e. The van der Waals surface area contributed by atoms with Crippen molar-refractivity contribution in [2.24, 2.45) is 0 Å². The molecule has 0 aliphatic rings. The van der Waals surface area contributed by atoms with Crippen molar-refractivity contribution < 1.29 is 35.8 Å². The maximum Gasteiger partial charge on any atom is 0.148 e. The molecule has 2 heterocycles. The minimum absolute atomic E-state index is 0. The van der Waals surface area contributed by atoms with Gasteiger partial charge in [-0.25, -0.2) is 4.98 Å². The second-order valence-electron chi connectivity index (χ2n) is 18.4. The fourth-order valence-corrected chi connectivity index (χ4v) is 7.48. The molecule has 4 nitrogen and oxygen atoms in total. The van der Waals surface area contributed by atoms with Gasteiger partial charge in [0.2, 0.25) is 0 Å². The number of para-hydroxylation sites is 1. The summed E-state index contributed by atoms with van der Waals surface area (Å²) in [5.74, 6) is 0.681. The summed E-state index contributed by atoms with van der Waals surface area (Å²) in [6.45, 7) is 16.6. The molecule has 8 aromatic rings. The molecule has 0 bridgehead atoms. The number of fused-ring (bicyclic) bond motifs is 1. The molecule has 0 unspecified atom stereocenters. The van der Waals surface area contributed by atoms with Gasteiger partial charge < -0.3 is 5.11 Å². The van der Waals surface area contributed by atoms with Crippen molar-refractivity contribution in [3.05, 3.63) is 168 Å². The van der Waals surface area contributed by atoms with Crippen molar-refractivity contribution >= 4 is 11.0 Å². The monoisotopic (exact) mass is 974 g/mol. The SMILES string of the molecule is [2H]c1c([2H])c(-c2ccnc(-c3[c-]c(-c4cccc5c4nc(-c4cc(C(C)(C)C)ccc4O)n5-c4ccc(C(C)(C)C)cc4-c4ccccc4)cc(C(C)(C)C)c3)c2)c([2H])c(C([2H])([2H])[2H])c1[2H].[Pt]. The molecule has 0 saturated carbocycles. The number of pyridine rings is 1. The first kappa shape index (κ1) is 34.2. The Bertz CT molecular complexity index is 3190. The van der Waals surface area contributed by atoms with E-state index < -0.39 is 36.6 Å². The van der Waals surface area contributed by atoms with E-state index in [0.717, 1.165) is 44.6 Å². The van der Waals surface area contributed by atoms with Gasteiger partial charge in [0.15, 0.2) is 0 Å². The summed E-state index contributed by atoms with van der Waals surface area (Å²) in [7, 11) is 0. The third kappa shape index (κ3) is 8.41. The molecular weight excluding hydrogens is 914 g/mol. The predicted molar refractivity (Wildman–Crippen MR) is 247 cm³/mol. The van der Waals surface area contributed by atoms with Gasteiger partial charge >= 0.3 is 0 Å². The normalized spacial score (nSPS) is 14.0. The van der Waals surface area contributed by atoms with Gasteiger partial charge in [-0.3, -0.25) is 9.55 Å². The van der Waals surface area contributed by atoms with Gasteiger partial charge in [-0.15, -0.1) is 29.3 Å². The Labute approximate surface area is 380 Å². The predicted octanol–water partition coefficient (Wildman–Crippen LogP) is 14.5. The first-order valence-electron chi connectivity index (χ1n) is 23.6. The van der Waals surface area contributed by atoms with Gasteiger partial charge in [-0.2, -0.15) is 0 Å². The quantitative estimate of drug-likeness (QED) is 0.169. The molecule has 0 aliphatic carbocycles. The minimum atomic E-state index is -2.83. The van der Waals surface area contributed by atoms with Crippen molar-refractivity contribution in [3.63, 3.8) is 0 Å². The molecule has 0 aliphatic heterocycles. The average molecular weight is 975 g/mol. The number of imidazole rings is 1. The Kier molecular flexibility index (Phi) is 9.19. The van der Waals surface area contributed by atoms with Crippen molar-refractivity contribution in [3.8, 4) is 67.5 Å². The Morgan fingerprint density at radius 3 is 2.02 bits per heavy atom. The zero-order chi connectivity index (χ0) is 47.8. The van der Waals surface area contributed by atoms with Crippen molar-refractivity contribution in [1.29, 1.82) is 0 Å². The molecule has 306 valence electrons. The Morgan fingerprint density at radius 2 is 1.32 bits per heavy atom. The Balaban J connectivity index is 0.00000666. The van der Waals surface area contributed by atoms with E-state index in [1.54, 1.807) is 18.2 Å². The second-order valence-corrected chi connectivity index (χ2v) is 18.4. The summed E-state index contributed by atoms with van der Waals surface area (Å²) in [6.07, 6.45) is 1.54. The summed E-state index contributed by atoms with van der Waals surface area (Å²) in [6, 6.07) is 37.7. The van der Waals surface area contributed by atoms with Gasteiger partial charge in [-0.1, -0.05) is 164 Å². The van der Waals surface area contributed by atoms with E-state index >= 15 is 0 Å². The van der Waals surface area contributed by atoms with E-state index in [2.05, 4.69) is 115 Å². The van der Waals surface area contributed by atoms with Crippen LogP contribution in [0.1, 0.15) is 94.2 Å². The molecule has 60 heavy (non-hydrogen) atoms. The number of benzene rings is 6. The third-order valence-corrected chi connectivity index (χ3v) is 11.0. The van der Waals surface area contributed by atoms with Crippen LogP contribution in [0.25, 0.3) is 72.7 Å². The number of hydrogen-bond donors (Lipinski definition) is 1. The van der Waals surface area contributed by atoms with E-state index in [1.165, 1.54) is 11.8 Å². The molecular formula is C55H54N3OPt-. The molecule has 0 atom stereocenters. The Morgan fingerprint density at radius 1 is 0.633 bits per heavy atom. The average Bonchev–Trinajstić information content (AvgIpc) is 3.64. The van der Waals surface area contributed by atoms with Gasteiger partial charge in [0, 0.05) is 42.6 Å². The smallest absolute Gasteiger partial charge is 0.148 e. The Hall–Kier alpha value is -5.57. The molecule has 5 heteroatoms. The van der Waals surface area contributed by atoms with Crippen LogP contribution in [0, 0.1) is 12.9 Å². The summed E-state index contributed by atoms with van der Waals surface area (Å²) >= 11 is 0. The molecule has 0 spiro atoms. The van der Waals surface area contributed by atoms with Crippen LogP contribution in [0.5, 0.6) is 5.75 Å². The topological polar surface area (TPSA) is 50.9 Å². The first-order chi connectivity index (χ1) is 30.8. The van der Waals surface area contributed by atoms with Gasteiger partial charge in [0.25, 0.3) is 0 Å². The molecule has 8 rings (SSSR count). The standard InChI is InChI=1S/C55H54N3O.Pt/c1-35-16-14-19-37(28-35)38-26-27-56-47(32-38)40-29-39(30-43(31-40)55(8,9)10)44-20-15-21-49-51(44)57-52(46-34-42(54(5,6)7)23-25-50(46)59)58(49)48-24-22-41(53(2,3)4)33-45(48)36-17-12-11-13-18-36;/h11-28,30-34,59H,1-10H3;/q-1;/i1D3,14D,16D,19D,28D;. The molecule has 0 amide bonds. The van der Waals surface area contributed by atoms with Crippen LogP contribution in [0.15, 0.2) is 140 Å². The van der Waals surface area contributed by atoms with Crippen LogP contribution in [-0.2, 0) is 37.3 Å². The number of aromatic nitrogens is 3. The van der Waals surface area contributed by atoms with E-state index in [0.29, 0.717) is 33.7 Å². The summed E-state index contributed by atoms with van der Waals surface area (Å²) in [5, 5.41) is 11.7. The zero-order valence-electron chi connectivity index (χ0n) is 42.6. The second kappa shape index (κ2) is 16.1. The molecule has 0 fully saturated rings. The molecule has 0 saturated heterocycles. The fourth-order valence-electron chi connectivity index (χ4n) is 7.48. The molecule has 0 radical (unpaired) electrons. The maximum atomic E-state index is 11.7. The fraction of sp³-hybridized carbons (Fsp3) is 0.236. The van der Waals surface area contributed by atoms with Crippen LogP contribution in [0.3, 0.4) is 0 Å². The minimum Gasteiger partial charge on any atom is -0.507 e. The van der Waals surface area contributed by atoms with E-state index in [1.807, 2.05) is 48.5 Å². The third-order valence-electron chi connectivity index (χ3n) is 11.0. The van der Waals surface area contributed by atoms with Crippen LogP contribution in [0.4, 0.5) is 0 Å².